The molecule has 15 heavy (non-hydrogen) atoms. The number of unbranched alkanes of at least 4 members (excludes halogenated alkanes) is 1. The van der Waals surface area contributed by atoms with Gasteiger partial charge >= 0.3 is 0 Å². The molecule has 1 saturated heterocycles. The van der Waals surface area contributed by atoms with E-state index in [0.717, 1.165) is 24.7 Å². The lowest BCUT2D eigenvalue weighted by molar-refractivity contribution is 0.300. The molecular weight excluding hydrogens is 206 g/mol. The maximum Gasteiger partial charge on any atom is 0.168 e. The summed E-state index contributed by atoms with van der Waals surface area (Å²) in [7, 11) is 4.28. The van der Waals surface area contributed by atoms with E-state index in [1.807, 2.05) is 0 Å². The van der Waals surface area contributed by atoms with Crippen molar-refractivity contribution in [2.75, 3.05) is 33.7 Å². The maximum atomic E-state index is 5.36. The van der Waals surface area contributed by atoms with Gasteiger partial charge in [-0.3, -0.25) is 0 Å². The molecule has 0 saturated carbocycles. The average molecular weight is 229 g/mol. The first kappa shape index (κ1) is 12.7. The fourth-order valence-electron chi connectivity index (χ4n) is 1.83. The number of nitrogens with zero attached hydrogens (tertiary/aromatic N) is 2. The molecule has 0 bridgehead atoms. The van der Waals surface area contributed by atoms with Crippen LogP contribution < -0.4 is 5.32 Å². The monoisotopic (exact) mass is 229 g/mol. The van der Waals surface area contributed by atoms with E-state index in [4.69, 9.17) is 12.2 Å². The van der Waals surface area contributed by atoms with Gasteiger partial charge in [0, 0.05) is 25.7 Å². The van der Waals surface area contributed by atoms with Crippen LogP contribution in [-0.4, -0.2) is 54.7 Å². The molecular formula is C11H23N3S. The number of hydrogen-bond donors (Lipinski definition) is 1. The highest BCUT2D eigenvalue weighted by atomic mass is 32.1. The van der Waals surface area contributed by atoms with Gasteiger partial charge in [-0.25, -0.2) is 0 Å². The van der Waals surface area contributed by atoms with Crippen LogP contribution >= 0.6 is 12.2 Å². The third-order valence-corrected chi connectivity index (χ3v) is 3.39. The van der Waals surface area contributed by atoms with E-state index in [2.05, 4.69) is 36.1 Å². The van der Waals surface area contributed by atoms with E-state index >= 15 is 0 Å². The fourth-order valence-corrected chi connectivity index (χ4v) is 2.10. The highest BCUT2D eigenvalue weighted by Crippen LogP contribution is 2.12. The molecule has 1 aliphatic heterocycles. The zero-order valence-corrected chi connectivity index (χ0v) is 10.9. The first-order valence-corrected chi connectivity index (χ1v) is 6.25. The number of hydrogen-bond acceptors (Lipinski definition) is 2. The Morgan fingerprint density at radius 1 is 1.53 bits per heavy atom. The Kier molecular flexibility index (Phi) is 5.32. The molecule has 1 aliphatic rings. The van der Waals surface area contributed by atoms with Crippen molar-refractivity contribution in [2.45, 2.75) is 32.2 Å². The van der Waals surface area contributed by atoms with Gasteiger partial charge in [0.1, 0.15) is 0 Å². The Morgan fingerprint density at radius 3 is 2.80 bits per heavy atom. The largest absolute Gasteiger partial charge is 0.363 e. The summed E-state index contributed by atoms with van der Waals surface area (Å²) >= 11 is 5.36. The van der Waals surface area contributed by atoms with Gasteiger partial charge < -0.3 is 15.1 Å². The summed E-state index contributed by atoms with van der Waals surface area (Å²) in [4.78, 5) is 4.57. The molecule has 1 N–H and O–H groups in total. The molecule has 1 rings (SSSR count). The number of nitrogens with one attached hydrogen (secondary N) is 1. The molecule has 0 spiro atoms. The third kappa shape index (κ3) is 3.95. The van der Waals surface area contributed by atoms with Crippen molar-refractivity contribution >= 4 is 17.3 Å². The van der Waals surface area contributed by atoms with Crippen LogP contribution in [0, 0.1) is 0 Å². The van der Waals surface area contributed by atoms with Crippen LogP contribution in [0.15, 0.2) is 0 Å². The van der Waals surface area contributed by atoms with E-state index in [0.29, 0.717) is 6.04 Å². The standard InChI is InChI=1S/C11H23N3S/c1-4-5-7-12-11(15)14-8-6-10(9-14)13(2)3/h10H,4-9H2,1-3H3,(H,12,15). The Hall–Kier alpha value is -0.350. The van der Waals surface area contributed by atoms with Crippen LogP contribution in [0.4, 0.5) is 0 Å². The second kappa shape index (κ2) is 6.28. The Labute approximate surface area is 98.8 Å². The quantitative estimate of drug-likeness (QED) is 0.578. The second-order valence-corrected chi connectivity index (χ2v) is 4.82. The van der Waals surface area contributed by atoms with Crippen LogP contribution in [-0.2, 0) is 0 Å². The molecule has 1 unspecified atom stereocenters. The third-order valence-electron chi connectivity index (χ3n) is 2.99. The van der Waals surface area contributed by atoms with Crippen LogP contribution in [0.2, 0.25) is 0 Å². The normalized spacial score (nSPS) is 21.1. The van der Waals surface area contributed by atoms with Crippen LogP contribution in [0.1, 0.15) is 26.2 Å². The minimum Gasteiger partial charge on any atom is -0.363 e. The minimum atomic E-state index is 0.663. The van der Waals surface area contributed by atoms with Gasteiger partial charge in [0.05, 0.1) is 0 Å². The summed E-state index contributed by atoms with van der Waals surface area (Å²) in [5.74, 6) is 0. The summed E-state index contributed by atoms with van der Waals surface area (Å²) in [5.41, 5.74) is 0. The summed E-state index contributed by atoms with van der Waals surface area (Å²) in [6.07, 6.45) is 3.64. The van der Waals surface area contributed by atoms with E-state index in [9.17, 15) is 0 Å². The molecule has 1 fully saturated rings. The zero-order valence-electron chi connectivity index (χ0n) is 10.1. The van der Waals surface area contributed by atoms with Gasteiger partial charge in [0.15, 0.2) is 5.11 Å². The SMILES string of the molecule is CCCCNC(=S)N1CCC(N(C)C)C1. The molecule has 0 radical (unpaired) electrons. The number of thiocarbonyl (C=S) groups is 1. The number of rotatable bonds is 4. The summed E-state index contributed by atoms with van der Waals surface area (Å²) in [6, 6.07) is 0.663. The Balaban J connectivity index is 2.24. The van der Waals surface area contributed by atoms with Crippen molar-refractivity contribution < 1.29 is 0 Å². The van der Waals surface area contributed by atoms with Gasteiger partial charge in [-0.2, -0.15) is 0 Å². The summed E-state index contributed by atoms with van der Waals surface area (Å²) < 4.78 is 0. The predicted molar refractivity (Wildman–Crippen MR) is 69.2 cm³/mol. The van der Waals surface area contributed by atoms with Crippen molar-refractivity contribution in [3.63, 3.8) is 0 Å². The van der Waals surface area contributed by atoms with Crippen LogP contribution in [0.25, 0.3) is 0 Å². The molecule has 0 aromatic carbocycles. The summed E-state index contributed by atoms with van der Waals surface area (Å²) in [5, 5.41) is 4.26. The van der Waals surface area contributed by atoms with E-state index < -0.39 is 0 Å². The van der Waals surface area contributed by atoms with Crippen molar-refractivity contribution in [3.8, 4) is 0 Å². The van der Waals surface area contributed by atoms with Gasteiger partial charge in [0.2, 0.25) is 0 Å². The molecule has 0 aromatic rings. The van der Waals surface area contributed by atoms with E-state index in [-0.39, 0.29) is 0 Å². The minimum absolute atomic E-state index is 0.663. The van der Waals surface area contributed by atoms with Gasteiger partial charge in [-0.05, 0) is 39.2 Å². The lowest BCUT2D eigenvalue weighted by Gasteiger charge is -2.22. The number of likely N-dealkylation sites (N-methyl/N-ethyl adjacent to an activating group) is 1. The average Bonchev–Trinajstić information content (AvgIpc) is 2.66. The number of likely N-dealkylation sites (tertiary alicyclic amines) is 1. The topological polar surface area (TPSA) is 18.5 Å². The summed E-state index contributed by atoms with van der Waals surface area (Å²) in [6.45, 7) is 5.38. The molecule has 0 aromatic heterocycles. The molecule has 1 heterocycles. The highest BCUT2D eigenvalue weighted by molar-refractivity contribution is 7.80. The molecule has 88 valence electrons. The Bertz CT molecular complexity index is 206. The van der Waals surface area contributed by atoms with Crippen molar-refractivity contribution in [1.29, 1.82) is 0 Å². The predicted octanol–water partition coefficient (Wildman–Crippen LogP) is 1.30. The van der Waals surface area contributed by atoms with Crippen LogP contribution in [0.3, 0.4) is 0 Å². The van der Waals surface area contributed by atoms with E-state index in [1.165, 1.54) is 19.3 Å². The van der Waals surface area contributed by atoms with Gasteiger partial charge in [-0.15, -0.1) is 0 Å². The zero-order chi connectivity index (χ0) is 11.3. The molecule has 0 aliphatic carbocycles. The molecule has 1 atom stereocenters. The molecule has 4 heteroatoms. The van der Waals surface area contributed by atoms with Crippen molar-refractivity contribution in [1.82, 2.24) is 15.1 Å². The Morgan fingerprint density at radius 2 is 2.27 bits per heavy atom. The van der Waals surface area contributed by atoms with Gasteiger partial charge in [0.25, 0.3) is 0 Å². The first-order valence-electron chi connectivity index (χ1n) is 5.84. The van der Waals surface area contributed by atoms with E-state index in [1.54, 1.807) is 0 Å². The van der Waals surface area contributed by atoms with Gasteiger partial charge in [-0.1, -0.05) is 13.3 Å². The lowest BCUT2D eigenvalue weighted by atomic mass is 10.2. The van der Waals surface area contributed by atoms with Crippen molar-refractivity contribution in [3.05, 3.63) is 0 Å². The van der Waals surface area contributed by atoms with Crippen LogP contribution in [0.5, 0.6) is 0 Å². The second-order valence-electron chi connectivity index (χ2n) is 4.44. The molecule has 3 nitrogen and oxygen atoms in total. The first-order chi connectivity index (χ1) is 7.15. The van der Waals surface area contributed by atoms with Crippen molar-refractivity contribution in [2.24, 2.45) is 0 Å². The highest BCUT2D eigenvalue weighted by Gasteiger charge is 2.25. The molecule has 0 amide bonds. The smallest absolute Gasteiger partial charge is 0.168 e. The maximum absolute atomic E-state index is 5.36. The lowest BCUT2D eigenvalue weighted by Crippen LogP contribution is -2.40. The fraction of sp³-hybridized carbons (Fsp3) is 0.909.